The molecule has 6 nitrogen and oxygen atoms in total. The third kappa shape index (κ3) is 3.43. The number of rotatable bonds is 6. The maximum absolute atomic E-state index is 12.3. The SMILES string of the molecule is CCOC(=O)C(NC(=O)C1CC2C=CC1C2)C(=O)OCC. The number of carbonyl (C=O) groups is 3. The van der Waals surface area contributed by atoms with Crippen LogP contribution in [0.25, 0.3) is 0 Å². The second-order valence-corrected chi connectivity index (χ2v) is 5.33. The van der Waals surface area contributed by atoms with E-state index in [4.69, 9.17) is 9.47 Å². The van der Waals surface area contributed by atoms with Gasteiger partial charge in [0, 0.05) is 5.92 Å². The van der Waals surface area contributed by atoms with Crippen molar-refractivity contribution in [2.75, 3.05) is 13.2 Å². The van der Waals surface area contributed by atoms with E-state index in [2.05, 4.69) is 11.4 Å². The Bertz CT molecular complexity index is 441. The predicted molar refractivity (Wildman–Crippen MR) is 74.0 cm³/mol. The Morgan fingerprint density at radius 2 is 1.71 bits per heavy atom. The van der Waals surface area contributed by atoms with Crippen LogP contribution in [0.15, 0.2) is 12.2 Å². The van der Waals surface area contributed by atoms with E-state index < -0.39 is 18.0 Å². The molecule has 2 aliphatic carbocycles. The normalized spacial score (nSPS) is 26.0. The molecule has 1 fully saturated rings. The molecule has 1 N–H and O–H groups in total. The fourth-order valence-electron chi connectivity index (χ4n) is 3.00. The summed E-state index contributed by atoms with van der Waals surface area (Å²) in [6, 6.07) is -1.37. The molecule has 21 heavy (non-hydrogen) atoms. The summed E-state index contributed by atoms with van der Waals surface area (Å²) in [6.07, 6.45) is 5.91. The topological polar surface area (TPSA) is 81.7 Å². The molecule has 0 aromatic rings. The average Bonchev–Trinajstić information content (AvgIpc) is 3.07. The first kappa shape index (κ1) is 15.5. The van der Waals surface area contributed by atoms with Crippen molar-refractivity contribution in [1.29, 1.82) is 0 Å². The monoisotopic (exact) mass is 295 g/mol. The largest absolute Gasteiger partial charge is 0.464 e. The maximum atomic E-state index is 12.3. The van der Waals surface area contributed by atoms with Gasteiger partial charge in [0.15, 0.2) is 0 Å². The van der Waals surface area contributed by atoms with E-state index in [-0.39, 0.29) is 31.0 Å². The lowest BCUT2D eigenvalue weighted by Gasteiger charge is -2.21. The fraction of sp³-hybridized carbons (Fsp3) is 0.667. The number of hydrogen-bond donors (Lipinski definition) is 1. The second kappa shape index (κ2) is 6.74. The van der Waals surface area contributed by atoms with Crippen LogP contribution in [-0.4, -0.2) is 37.1 Å². The number of fused-ring (bicyclic) bond motifs is 2. The zero-order chi connectivity index (χ0) is 15.4. The molecule has 3 unspecified atom stereocenters. The quantitative estimate of drug-likeness (QED) is 0.445. The molecule has 0 spiro atoms. The lowest BCUT2D eigenvalue weighted by Crippen LogP contribution is -2.50. The number of esters is 2. The van der Waals surface area contributed by atoms with Gasteiger partial charge in [0.2, 0.25) is 11.9 Å². The van der Waals surface area contributed by atoms with Crippen LogP contribution in [0.5, 0.6) is 0 Å². The van der Waals surface area contributed by atoms with E-state index in [1.807, 2.05) is 6.08 Å². The van der Waals surface area contributed by atoms with Crippen molar-refractivity contribution < 1.29 is 23.9 Å². The zero-order valence-corrected chi connectivity index (χ0v) is 12.3. The molecule has 2 rings (SSSR count). The van der Waals surface area contributed by atoms with Gasteiger partial charge in [-0.1, -0.05) is 12.2 Å². The summed E-state index contributed by atoms with van der Waals surface area (Å²) in [5.41, 5.74) is 0. The van der Waals surface area contributed by atoms with Gasteiger partial charge in [-0.2, -0.15) is 0 Å². The van der Waals surface area contributed by atoms with E-state index in [0.717, 1.165) is 12.8 Å². The van der Waals surface area contributed by atoms with E-state index in [1.54, 1.807) is 13.8 Å². The Morgan fingerprint density at radius 1 is 1.10 bits per heavy atom. The van der Waals surface area contributed by atoms with Gasteiger partial charge in [0.05, 0.1) is 13.2 Å². The second-order valence-electron chi connectivity index (χ2n) is 5.33. The smallest absolute Gasteiger partial charge is 0.340 e. The first-order valence-electron chi connectivity index (χ1n) is 7.38. The molecule has 1 amide bonds. The third-order valence-corrected chi connectivity index (χ3v) is 3.95. The molecule has 116 valence electrons. The number of hydrogen-bond acceptors (Lipinski definition) is 5. The number of ether oxygens (including phenoxy) is 2. The molecule has 2 bridgehead atoms. The fourth-order valence-corrected chi connectivity index (χ4v) is 3.00. The Hall–Kier alpha value is -1.85. The summed E-state index contributed by atoms with van der Waals surface area (Å²) in [5, 5.41) is 2.49. The van der Waals surface area contributed by atoms with Crippen molar-refractivity contribution in [2.24, 2.45) is 17.8 Å². The van der Waals surface area contributed by atoms with Crippen LogP contribution in [0, 0.1) is 17.8 Å². The van der Waals surface area contributed by atoms with Gasteiger partial charge in [-0.15, -0.1) is 0 Å². The molecule has 2 aliphatic rings. The summed E-state index contributed by atoms with van der Waals surface area (Å²) in [7, 11) is 0. The molecular formula is C15H21NO5. The van der Waals surface area contributed by atoms with Gasteiger partial charge in [0.25, 0.3) is 0 Å². The van der Waals surface area contributed by atoms with Crippen LogP contribution < -0.4 is 5.32 Å². The Kier molecular flexibility index (Phi) is 4.98. The molecular weight excluding hydrogens is 274 g/mol. The van der Waals surface area contributed by atoms with Crippen molar-refractivity contribution in [3.8, 4) is 0 Å². The molecule has 1 saturated carbocycles. The number of allylic oxidation sites excluding steroid dienone is 2. The summed E-state index contributed by atoms with van der Waals surface area (Å²) >= 11 is 0. The van der Waals surface area contributed by atoms with Crippen molar-refractivity contribution in [3.63, 3.8) is 0 Å². The highest BCUT2D eigenvalue weighted by Gasteiger charge is 2.42. The Balaban J connectivity index is 2.00. The number of nitrogens with one attached hydrogen (secondary N) is 1. The van der Waals surface area contributed by atoms with Crippen molar-refractivity contribution in [3.05, 3.63) is 12.2 Å². The highest BCUT2D eigenvalue weighted by Crippen LogP contribution is 2.43. The van der Waals surface area contributed by atoms with Crippen molar-refractivity contribution in [2.45, 2.75) is 32.7 Å². The minimum atomic E-state index is -1.37. The molecule has 0 aromatic heterocycles. The minimum Gasteiger partial charge on any atom is -0.464 e. The lowest BCUT2D eigenvalue weighted by atomic mass is 9.92. The molecule has 0 heterocycles. The van der Waals surface area contributed by atoms with Crippen LogP contribution in [0.1, 0.15) is 26.7 Å². The maximum Gasteiger partial charge on any atom is 0.340 e. The molecule has 6 heteroatoms. The highest BCUT2D eigenvalue weighted by molar-refractivity contribution is 6.02. The van der Waals surface area contributed by atoms with E-state index in [9.17, 15) is 14.4 Å². The lowest BCUT2D eigenvalue weighted by molar-refractivity contribution is -0.160. The van der Waals surface area contributed by atoms with Crippen LogP contribution >= 0.6 is 0 Å². The van der Waals surface area contributed by atoms with Gasteiger partial charge in [-0.05, 0) is 38.5 Å². The standard InChI is InChI=1S/C15H21NO5/c1-3-20-14(18)12(15(19)21-4-2)16-13(17)11-8-9-5-6-10(11)7-9/h5-6,9-12H,3-4,7-8H2,1-2H3,(H,16,17). The van der Waals surface area contributed by atoms with Gasteiger partial charge in [0.1, 0.15) is 0 Å². The first-order valence-corrected chi connectivity index (χ1v) is 7.38. The average molecular weight is 295 g/mol. The number of amides is 1. The number of carbonyl (C=O) groups excluding carboxylic acids is 3. The predicted octanol–water partition coefficient (Wildman–Crippen LogP) is 0.810. The van der Waals surface area contributed by atoms with Gasteiger partial charge >= 0.3 is 11.9 Å². The summed E-state index contributed by atoms with van der Waals surface area (Å²) in [4.78, 5) is 35.9. The van der Waals surface area contributed by atoms with E-state index in [1.165, 1.54) is 0 Å². The van der Waals surface area contributed by atoms with Crippen molar-refractivity contribution in [1.82, 2.24) is 5.32 Å². The summed E-state index contributed by atoms with van der Waals surface area (Å²) < 4.78 is 9.66. The highest BCUT2D eigenvalue weighted by atomic mass is 16.6. The molecule has 0 aliphatic heterocycles. The zero-order valence-electron chi connectivity index (χ0n) is 12.3. The minimum absolute atomic E-state index is 0.140. The first-order chi connectivity index (χ1) is 10.1. The third-order valence-electron chi connectivity index (χ3n) is 3.95. The van der Waals surface area contributed by atoms with Crippen LogP contribution in [0.4, 0.5) is 0 Å². The van der Waals surface area contributed by atoms with Crippen LogP contribution in [-0.2, 0) is 23.9 Å². The summed E-state index contributed by atoms with van der Waals surface area (Å²) in [6.45, 7) is 3.56. The summed E-state index contributed by atoms with van der Waals surface area (Å²) in [5.74, 6) is -1.36. The molecule has 3 atom stereocenters. The molecule has 0 radical (unpaired) electrons. The molecule has 0 aromatic carbocycles. The van der Waals surface area contributed by atoms with Gasteiger partial charge in [-0.3, -0.25) is 4.79 Å². The van der Waals surface area contributed by atoms with Gasteiger partial charge < -0.3 is 14.8 Å². The van der Waals surface area contributed by atoms with Gasteiger partial charge in [-0.25, -0.2) is 9.59 Å². The van der Waals surface area contributed by atoms with Crippen LogP contribution in [0.3, 0.4) is 0 Å². The Labute approximate surface area is 123 Å². The van der Waals surface area contributed by atoms with E-state index >= 15 is 0 Å². The molecule has 0 saturated heterocycles. The van der Waals surface area contributed by atoms with Crippen LogP contribution in [0.2, 0.25) is 0 Å². The Morgan fingerprint density at radius 3 is 2.14 bits per heavy atom. The van der Waals surface area contributed by atoms with E-state index in [0.29, 0.717) is 5.92 Å². The van der Waals surface area contributed by atoms with Crippen molar-refractivity contribution >= 4 is 17.8 Å².